The molecule has 7 heteroatoms. The summed E-state index contributed by atoms with van der Waals surface area (Å²) in [5.41, 5.74) is 0. The molecule has 1 heterocycles. The first-order valence-corrected chi connectivity index (χ1v) is 6.09. The summed E-state index contributed by atoms with van der Waals surface area (Å²) in [6.45, 7) is 5.47. The SMILES string of the molecule is CC(C(=O)O)N(C)CC(=O)Nc1ccnn1C(C)C. The van der Waals surface area contributed by atoms with E-state index in [9.17, 15) is 9.59 Å². The molecule has 0 fully saturated rings. The lowest BCUT2D eigenvalue weighted by Gasteiger charge is -2.20. The zero-order valence-corrected chi connectivity index (χ0v) is 11.6. The maximum Gasteiger partial charge on any atom is 0.320 e. The van der Waals surface area contributed by atoms with Gasteiger partial charge in [-0.15, -0.1) is 0 Å². The first-order valence-electron chi connectivity index (χ1n) is 6.09. The summed E-state index contributed by atoms with van der Waals surface area (Å²) in [5.74, 6) is -0.614. The normalized spacial score (nSPS) is 12.7. The number of aliphatic carboxylic acids is 1. The van der Waals surface area contributed by atoms with Crippen molar-refractivity contribution in [1.29, 1.82) is 0 Å². The van der Waals surface area contributed by atoms with Crippen molar-refractivity contribution in [3.63, 3.8) is 0 Å². The molecule has 0 aliphatic heterocycles. The minimum Gasteiger partial charge on any atom is -0.480 e. The molecule has 0 bridgehead atoms. The number of likely N-dealkylation sites (N-methyl/N-ethyl adjacent to an activating group) is 1. The van der Waals surface area contributed by atoms with Gasteiger partial charge in [0.2, 0.25) is 5.91 Å². The minimum atomic E-state index is -0.956. The van der Waals surface area contributed by atoms with Gasteiger partial charge in [-0.05, 0) is 27.8 Å². The number of nitrogens with one attached hydrogen (secondary N) is 1. The number of amides is 1. The molecule has 19 heavy (non-hydrogen) atoms. The van der Waals surface area contributed by atoms with Crippen molar-refractivity contribution in [2.45, 2.75) is 32.9 Å². The number of carboxylic acids is 1. The van der Waals surface area contributed by atoms with Crippen molar-refractivity contribution in [3.05, 3.63) is 12.3 Å². The quantitative estimate of drug-likeness (QED) is 0.797. The molecule has 1 unspecified atom stereocenters. The fourth-order valence-electron chi connectivity index (χ4n) is 1.56. The van der Waals surface area contributed by atoms with E-state index in [1.54, 1.807) is 24.0 Å². The standard InChI is InChI=1S/C12H20N4O3/c1-8(2)16-10(5-6-13-16)14-11(17)7-15(4)9(3)12(18)19/h5-6,8-9H,7H2,1-4H3,(H,14,17)(H,18,19). The van der Waals surface area contributed by atoms with Gasteiger partial charge in [-0.25, -0.2) is 4.68 Å². The third kappa shape index (κ3) is 4.06. The van der Waals surface area contributed by atoms with E-state index in [0.29, 0.717) is 5.82 Å². The van der Waals surface area contributed by atoms with Crippen LogP contribution in [0.5, 0.6) is 0 Å². The number of carbonyl (C=O) groups is 2. The average molecular weight is 268 g/mol. The van der Waals surface area contributed by atoms with Gasteiger partial charge >= 0.3 is 5.97 Å². The smallest absolute Gasteiger partial charge is 0.320 e. The molecule has 0 aliphatic carbocycles. The molecular weight excluding hydrogens is 248 g/mol. The number of carbonyl (C=O) groups excluding carboxylic acids is 1. The molecule has 0 saturated heterocycles. The fourth-order valence-corrected chi connectivity index (χ4v) is 1.56. The maximum atomic E-state index is 11.8. The topological polar surface area (TPSA) is 87.5 Å². The lowest BCUT2D eigenvalue weighted by molar-refractivity contribution is -0.142. The van der Waals surface area contributed by atoms with Gasteiger partial charge in [-0.1, -0.05) is 0 Å². The Labute approximate surface area is 112 Å². The van der Waals surface area contributed by atoms with Gasteiger partial charge in [0.05, 0.1) is 12.7 Å². The molecule has 0 radical (unpaired) electrons. The first-order chi connectivity index (χ1) is 8.82. The largest absolute Gasteiger partial charge is 0.480 e. The highest BCUT2D eigenvalue weighted by molar-refractivity contribution is 5.91. The highest BCUT2D eigenvalue weighted by Crippen LogP contribution is 2.12. The van der Waals surface area contributed by atoms with Gasteiger partial charge < -0.3 is 10.4 Å². The Kier molecular flexibility index (Phi) is 5.05. The summed E-state index contributed by atoms with van der Waals surface area (Å²) in [4.78, 5) is 24.1. The number of carboxylic acid groups (broad SMARTS) is 1. The third-order valence-electron chi connectivity index (χ3n) is 2.84. The minimum absolute atomic E-state index is 0.0107. The molecule has 1 amide bonds. The number of aromatic nitrogens is 2. The predicted octanol–water partition coefficient (Wildman–Crippen LogP) is 0.807. The predicted molar refractivity (Wildman–Crippen MR) is 71.0 cm³/mol. The zero-order valence-electron chi connectivity index (χ0n) is 11.6. The Morgan fingerprint density at radius 2 is 2.11 bits per heavy atom. The molecule has 2 N–H and O–H groups in total. The Morgan fingerprint density at radius 1 is 1.47 bits per heavy atom. The number of rotatable bonds is 6. The van der Waals surface area contributed by atoms with Crippen LogP contribution < -0.4 is 5.32 Å². The van der Waals surface area contributed by atoms with Crippen molar-refractivity contribution in [1.82, 2.24) is 14.7 Å². The molecule has 1 atom stereocenters. The highest BCUT2D eigenvalue weighted by atomic mass is 16.4. The second-order valence-electron chi connectivity index (χ2n) is 4.73. The van der Waals surface area contributed by atoms with Gasteiger partial charge in [-0.3, -0.25) is 14.5 Å². The van der Waals surface area contributed by atoms with Crippen LogP contribution in [0.1, 0.15) is 26.8 Å². The van der Waals surface area contributed by atoms with E-state index in [1.165, 1.54) is 11.8 Å². The summed E-state index contributed by atoms with van der Waals surface area (Å²) in [6, 6.07) is 1.14. The Balaban J connectivity index is 2.60. The van der Waals surface area contributed by atoms with Gasteiger partial charge in [-0.2, -0.15) is 5.10 Å². The van der Waals surface area contributed by atoms with E-state index < -0.39 is 12.0 Å². The molecular formula is C12H20N4O3. The van der Waals surface area contributed by atoms with E-state index in [-0.39, 0.29) is 18.5 Å². The third-order valence-corrected chi connectivity index (χ3v) is 2.84. The summed E-state index contributed by atoms with van der Waals surface area (Å²) >= 11 is 0. The van der Waals surface area contributed by atoms with Crippen LogP contribution in [0, 0.1) is 0 Å². The lowest BCUT2D eigenvalue weighted by atomic mass is 10.3. The van der Waals surface area contributed by atoms with E-state index in [1.807, 2.05) is 13.8 Å². The molecule has 7 nitrogen and oxygen atoms in total. The molecule has 0 aliphatic rings. The number of anilines is 1. The summed E-state index contributed by atoms with van der Waals surface area (Å²) in [5, 5.41) is 15.7. The Morgan fingerprint density at radius 3 is 2.63 bits per heavy atom. The van der Waals surface area contributed by atoms with Crippen molar-refractivity contribution < 1.29 is 14.7 Å². The van der Waals surface area contributed by atoms with Crippen LogP contribution in [0.2, 0.25) is 0 Å². The van der Waals surface area contributed by atoms with E-state index in [2.05, 4.69) is 10.4 Å². The first kappa shape index (κ1) is 15.2. The molecule has 1 aromatic heterocycles. The highest BCUT2D eigenvalue weighted by Gasteiger charge is 2.19. The monoisotopic (exact) mass is 268 g/mol. The lowest BCUT2D eigenvalue weighted by Crippen LogP contribution is -2.40. The van der Waals surface area contributed by atoms with Crippen LogP contribution in [0.15, 0.2) is 12.3 Å². The second kappa shape index (κ2) is 6.33. The molecule has 0 spiro atoms. The zero-order chi connectivity index (χ0) is 14.6. The Hall–Kier alpha value is -1.89. The van der Waals surface area contributed by atoms with Crippen LogP contribution in [0.4, 0.5) is 5.82 Å². The van der Waals surface area contributed by atoms with E-state index in [0.717, 1.165) is 0 Å². The van der Waals surface area contributed by atoms with Crippen LogP contribution >= 0.6 is 0 Å². The number of nitrogens with zero attached hydrogens (tertiary/aromatic N) is 3. The summed E-state index contributed by atoms with van der Waals surface area (Å²) in [7, 11) is 1.60. The van der Waals surface area contributed by atoms with Crippen molar-refractivity contribution in [2.24, 2.45) is 0 Å². The van der Waals surface area contributed by atoms with Crippen molar-refractivity contribution in [2.75, 3.05) is 18.9 Å². The molecule has 106 valence electrons. The van der Waals surface area contributed by atoms with Crippen molar-refractivity contribution >= 4 is 17.7 Å². The second-order valence-corrected chi connectivity index (χ2v) is 4.73. The van der Waals surface area contributed by atoms with Gasteiger partial charge in [0, 0.05) is 12.1 Å². The van der Waals surface area contributed by atoms with E-state index in [4.69, 9.17) is 5.11 Å². The maximum absolute atomic E-state index is 11.8. The van der Waals surface area contributed by atoms with Crippen LogP contribution in [-0.2, 0) is 9.59 Å². The summed E-state index contributed by atoms with van der Waals surface area (Å²) in [6.07, 6.45) is 1.61. The molecule has 0 aromatic carbocycles. The van der Waals surface area contributed by atoms with Gasteiger partial charge in [0.15, 0.2) is 0 Å². The van der Waals surface area contributed by atoms with Gasteiger partial charge in [0.25, 0.3) is 0 Å². The van der Waals surface area contributed by atoms with Crippen LogP contribution in [0.3, 0.4) is 0 Å². The fraction of sp³-hybridized carbons (Fsp3) is 0.583. The van der Waals surface area contributed by atoms with E-state index >= 15 is 0 Å². The molecule has 1 aromatic rings. The Bertz CT molecular complexity index is 456. The van der Waals surface area contributed by atoms with Crippen LogP contribution in [0.25, 0.3) is 0 Å². The average Bonchev–Trinajstić information content (AvgIpc) is 2.75. The number of hydrogen-bond acceptors (Lipinski definition) is 4. The molecule has 0 saturated carbocycles. The molecule has 1 rings (SSSR count). The van der Waals surface area contributed by atoms with Crippen molar-refractivity contribution in [3.8, 4) is 0 Å². The van der Waals surface area contributed by atoms with Crippen LogP contribution in [-0.4, -0.2) is 51.3 Å². The summed E-state index contributed by atoms with van der Waals surface area (Å²) < 4.78 is 1.69. The number of hydrogen-bond donors (Lipinski definition) is 2. The van der Waals surface area contributed by atoms with Gasteiger partial charge in [0.1, 0.15) is 11.9 Å².